The molecule has 0 aromatic heterocycles. The second-order valence-corrected chi connectivity index (χ2v) is 6.03. The van der Waals surface area contributed by atoms with Gasteiger partial charge in [0.1, 0.15) is 10.1 Å². The molecule has 0 fully saturated rings. The molecule has 0 saturated heterocycles. The Kier molecular flexibility index (Phi) is 6.63. The fourth-order valence-electron chi connectivity index (χ4n) is 1.12. The SMILES string of the molecule is CC(Br)Cc1ccc(S(=O)(=O)[O-])cc1.[Na+]. The smallest absolute Gasteiger partial charge is 0.744 e. The Morgan fingerprint density at radius 1 is 1.33 bits per heavy atom. The predicted molar refractivity (Wildman–Crippen MR) is 56.5 cm³/mol. The minimum Gasteiger partial charge on any atom is -0.744 e. The Balaban J connectivity index is 0.00000196. The van der Waals surface area contributed by atoms with Crippen LogP contribution in [0.1, 0.15) is 12.5 Å². The summed E-state index contributed by atoms with van der Waals surface area (Å²) in [6, 6.07) is 5.99. The van der Waals surface area contributed by atoms with E-state index < -0.39 is 10.1 Å². The molecule has 0 aliphatic carbocycles. The van der Waals surface area contributed by atoms with Crippen molar-refractivity contribution in [1.82, 2.24) is 0 Å². The summed E-state index contributed by atoms with van der Waals surface area (Å²) in [5.41, 5.74) is 1.00. The van der Waals surface area contributed by atoms with Crippen LogP contribution in [0.2, 0.25) is 0 Å². The van der Waals surface area contributed by atoms with E-state index in [2.05, 4.69) is 15.9 Å². The van der Waals surface area contributed by atoms with Crippen molar-refractivity contribution in [1.29, 1.82) is 0 Å². The zero-order valence-electron chi connectivity index (χ0n) is 8.60. The number of benzene rings is 1. The van der Waals surface area contributed by atoms with Crippen molar-refractivity contribution >= 4 is 26.0 Å². The van der Waals surface area contributed by atoms with Crippen LogP contribution in [0.5, 0.6) is 0 Å². The summed E-state index contributed by atoms with van der Waals surface area (Å²) < 4.78 is 31.8. The van der Waals surface area contributed by atoms with E-state index in [-0.39, 0.29) is 34.5 Å². The number of rotatable bonds is 3. The summed E-state index contributed by atoms with van der Waals surface area (Å²) in [6.45, 7) is 2.00. The molecule has 0 saturated carbocycles. The van der Waals surface area contributed by atoms with Crippen LogP contribution in [0.4, 0.5) is 0 Å². The average Bonchev–Trinajstić information content (AvgIpc) is 2.02. The number of hydrogen-bond donors (Lipinski definition) is 0. The van der Waals surface area contributed by atoms with Gasteiger partial charge >= 0.3 is 29.6 Å². The molecule has 0 N–H and O–H groups in total. The molecule has 0 spiro atoms. The van der Waals surface area contributed by atoms with Gasteiger partial charge in [-0.2, -0.15) is 0 Å². The molecule has 0 aliphatic rings. The van der Waals surface area contributed by atoms with Crippen molar-refractivity contribution in [3.63, 3.8) is 0 Å². The molecule has 1 atom stereocenters. The van der Waals surface area contributed by atoms with Gasteiger partial charge < -0.3 is 4.55 Å². The molecule has 15 heavy (non-hydrogen) atoms. The normalized spacial score (nSPS) is 13.0. The molecule has 3 nitrogen and oxygen atoms in total. The molecule has 0 bridgehead atoms. The third-order valence-electron chi connectivity index (χ3n) is 1.73. The molecular weight excluding hydrogens is 291 g/mol. The molecular formula is C9H10BrNaO3S. The van der Waals surface area contributed by atoms with Gasteiger partial charge in [-0.25, -0.2) is 8.42 Å². The molecule has 0 aliphatic heterocycles. The van der Waals surface area contributed by atoms with E-state index in [1.165, 1.54) is 12.1 Å². The van der Waals surface area contributed by atoms with Crippen LogP contribution in [-0.2, 0) is 16.5 Å². The van der Waals surface area contributed by atoms with E-state index in [0.29, 0.717) is 4.83 Å². The van der Waals surface area contributed by atoms with Gasteiger partial charge in [-0.05, 0) is 24.1 Å². The van der Waals surface area contributed by atoms with Crippen LogP contribution < -0.4 is 29.6 Å². The molecule has 0 heterocycles. The zero-order chi connectivity index (χ0) is 10.8. The standard InChI is InChI=1S/C9H11BrO3S.Na/c1-7(10)6-8-2-4-9(5-3-8)14(11,12)13;/h2-5,7H,6H2,1H3,(H,11,12,13);/q;+1/p-1. The topological polar surface area (TPSA) is 57.2 Å². The Labute approximate surface area is 120 Å². The van der Waals surface area contributed by atoms with E-state index >= 15 is 0 Å². The molecule has 1 unspecified atom stereocenters. The molecule has 1 aromatic rings. The van der Waals surface area contributed by atoms with Crippen molar-refractivity contribution in [3.8, 4) is 0 Å². The second kappa shape index (κ2) is 6.37. The number of alkyl halides is 1. The minimum absolute atomic E-state index is 0. The third kappa shape index (κ3) is 5.47. The number of halogens is 1. The van der Waals surface area contributed by atoms with Gasteiger partial charge in [-0.1, -0.05) is 35.0 Å². The van der Waals surface area contributed by atoms with Gasteiger partial charge in [0.15, 0.2) is 0 Å². The molecule has 0 radical (unpaired) electrons. The monoisotopic (exact) mass is 300 g/mol. The quantitative estimate of drug-likeness (QED) is 0.405. The predicted octanol–water partition coefficient (Wildman–Crippen LogP) is -1.08. The first kappa shape index (κ1) is 15.6. The van der Waals surface area contributed by atoms with E-state index in [1.54, 1.807) is 12.1 Å². The van der Waals surface area contributed by atoms with Crippen LogP contribution in [-0.4, -0.2) is 17.8 Å². The first-order chi connectivity index (χ1) is 6.39. The van der Waals surface area contributed by atoms with Crippen molar-refractivity contribution in [2.24, 2.45) is 0 Å². The fourth-order valence-corrected chi connectivity index (χ4v) is 1.96. The van der Waals surface area contributed by atoms with Gasteiger partial charge in [-0.15, -0.1) is 0 Å². The Bertz CT molecular complexity index is 400. The van der Waals surface area contributed by atoms with Gasteiger partial charge in [-0.3, -0.25) is 0 Å². The first-order valence-electron chi connectivity index (χ1n) is 4.08. The van der Waals surface area contributed by atoms with Gasteiger partial charge in [0, 0.05) is 4.83 Å². The molecule has 1 aromatic carbocycles. The Hall–Kier alpha value is 0.610. The Morgan fingerprint density at radius 3 is 2.13 bits per heavy atom. The van der Waals surface area contributed by atoms with Gasteiger partial charge in [0.05, 0.1) is 4.90 Å². The molecule has 0 amide bonds. The van der Waals surface area contributed by atoms with Crippen molar-refractivity contribution < 1.29 is 42.5 Å². The third-order valence-corrected chi connectivity index (χ3v) is 2.90. The molecule has 1 rings (SSSR count). The van der Waals surface area contributed by atoms with Gasteiger partial charge in [0.25, 0.3) is 0 Å². The van der Waals surface area contributed by atoms with Crippen LogP contribution in [0.25, 0.3) is 0 Å². The molecule has 78 valence electrons. The van der Waals surface area contributed by atoms with Gasteiger partial charge in [0.2, 0.25) is 0 Å². The maximum Gasteiger partial charge on any atom is 1.00 e. The molecule has 6 heteroatoms. The summed E-state index contributed by atoms with van der Waals surface area (Å²) in [7, 11) is -4.31. The van der Waals surface area contributed by atoms with E-state index in [1.807, 2.05) is 6.92 Å². The van der Waals surface area contributed by atoms with Crippen molar-refractivity contribution in [2.45, 2.75) is 23.1 Å². The fraction of sp³-hybridized carbons (Fsp3) is 0.333. The van der Waals surface area contributed by atoms with Crippen molar-refractivity contribution in [3.05, 3.63) is 29.8 Å². The second-order valence-electron chi connectivity index (χ2n) is 3.08. The largest absolute Gasteiger partial charge is 1.00 e. The van der Waals surface area contributed by atoms with Crippen LogP contribution in [0, 0.1) is 0 Å². The van der Waals surface area contributed by atoms with Crippen molar-refractivity contribution in [2.75, 3.05) is 0 Å². The Morgan fingerprint density at radius 2 is 1.80 bits per heavy atom. The average molecular weight is 301 g/mol. The van der Waals surface area contributed by atoms with E-state index in [9.17, 15) is 13.0 Å². The summed E-state index contributed by atoms with van der Waals surface area (Å²) in [5.74, 6) is 0. The van der Waals surface area contributed by atoms with Crippen LogP contribution >= 0.6 is 15.9 Å². The maximum atomic E-state index is 10.6. The van der Waals surface area contributed by atoms with Crippen LogP contribution in [0.15, 0.2) is 29.2 Å². The summed E-state index contributed by atoms with van der Waals surface area (Å²) in [6.07, 6.45) is 0.805. The van der Waals surface area contributed by atoms with E-state index in [0.717, 1.165) is 12.0 Å². The summed E-state index contributed by atoms with van der Waals surface area (Å²) >= 11 is 3.39. The zero-order valence-corrected chi connectivity index (χ0v) is 13.0. The minimum atomic E-state index is -4.31. The van der Waals surface area contributed by atoms with Crippen LogP contribution in [0.3, 0.4) is 0 Å². The maximum absolute atomic E-state index is 10.6. The summed E-state index contributed by atoms with van der Waals surface area (Å²) in [4.78, 5) is 0.153. The summed E-state index contributed by atoms with van der Waals surface area (Å²) in [5, 5.41) is 0. The van der Waals surface area contributed by atoms with E-state index in [4.69, 9.17) is 0 Å². The number of hydrogen-bond acceptors (Lipinski definition) is 3. The first-order valence-corrected chi connectivity index (χ1v) is 6.41.